The monoisotopic (exact) mass is 237 g/mol. The Morgan fingerprint density at radius 3 is 2.76 bits per heavy atom. The first kappa shape index (κ1) is 13.5. The zero-order valence-electron chi connectivity index (χ0n) is 10.4. The van der Waals surface area contributed by atoms with E-state index in [4.69, 9.17) is 4.42 Å². The first-order valence-electron chi connectivity index (χ1n) is 5.69. The first-order valence-corrected chi connectivity index (χ1v) is 5.69. The van der Waals surface area contributed by atoms with Crippen molar-refractivity contribution in [1.82, 2.24) is 5.32 Å². The maximum Gasteiger partial charge on any atom is 0.244 e. The third-order valence-electron chi connectivity index (χ3n) is 2.42. The van der Waals surface area contributed by atoms with Gasteiger partial charge in [0, 0.05) is 12.6 Å². The lowest BCUT2D eigenvalue weighted by atomic mass is 10.1. The van der Waals surface area contributed by atoms with Gasteiger partial charge in [-0.05, 0) is 31.1 Å². The van der Waals surface area contributed by atoms with E-state index in [9.17, 15) is 9.90 Å². The maximum atomic E-state index is 11.4. The van der Waals surface area contributed by atoms with Crippen LogP contribution in [0.1, 0.15) is 25.4 Å². The fourth-order valence-corrected chi connectivity index (χ4v) is 1.20. The average Bonchev–Trinajstić information content (AvgIpc) is 2.69. The minimum atomic E-state index is -0.516. The van der Waals surface area contributed by atoms with Crippen LogP contribution in [0.5, 0.6) is 0 Å². The molecule has 1 amide bonds. The van der Waals surface area contributed by atoms with E-state index >= 15 is 0 Å². The summed E-state index contributed by atoms with van der Waals surface area (Å²) in [7, 11) is 0. The minimum Gasteiger partial charge on any atom is -0.462 e. The molecule has 1 atom stereocenters. The van der Waals surface area contributed by atoms with Gasteiger partial charge in [-0.2, -0.15) is 0 Å². The predicted molar refractivity (Wildman–Crippen MR) is 66.3 cm³/mol. The van der Waals surface area contributed by atoms with Gasteiger partial charge >= 0.3 is 0 Å². The van der Waals surface area contributed by atoms with E-state index in [2.05, 4.69) is 5.32 Å². The van der Waals surface area contributed by atoms with Crippen LogP contribution in [0.3, 0.4) is 0 Å². The van der Waals surface area contributed by atoms with E-state index in [1.54, 1.807) is 12.1 Å². The summed E-state index contributed by atoms with van der Waals surface area (Å²) in [6, 6.07) is 3.63. The van der Waals surface area contributed by atoms with Gasteiger partial charge in [-0.15, -0.1) is 0 Å². The lowest BCUT2D eigenvalue weighted by molar-refractivity contribution is -0.117. The Morgan fingerprint density at radius 1 is 1.53 bits per heavy atom. The minimum absolute atomic E-state index is 0.131. The Hall–Kier alpha value is -1.55. The second-order valence-electron chi connectivity index (χ2n) is 4.34. The average molecular weight is 237 g/mol. The van der Waals surface area contributed by atoms with E-state index in [1.807, 2.05) is 26.8 Å². The summed E-state index contributed by atoms with van der Waals surface area (Å²) >= 11 is 0. The second kappa shape index (κ2) is 6.25. The van der Waals surface area contributed by atoms with Crippen molar-refractivity contribution in [2.75, 3.05) is 6.54 Å². The summed E-state index contributed by atoms with van der Waals surface area (Å²) in [6.07, 6.45) is 2.48. The molecule has 1 aromatic rings. The molecule has 0 spiro atoms. The number of rotatable bonds is 5. The molecule has 1 unspecified atom stereocenters. The molecule has 17 heavy (non-hydrogen) atoms. The van der Waals surface area contributed by atoms with Crippen LogP contribution in [0, 0.1) is 12.8 Å². The molecule has 0 saturated carbocycles. The smallest absolute Gasteiger partial charge is 0.244 e. The van der Waals surface area contributed by atoms with Gasteiger partial charge in [0.15, 0.2) is 0 Å². The van der Waals surface area contributed by atoms with Crippen LogP contribution >= 0.6 is 0 Å². The van der Waals surface area contributed by atoms with Gasteiger partial charge < -0.3 is 14.8 Å². The molecule has 0 aliphatic carbocycles. The molecular weight excluding hydrogens is 218 g/mol. The summed E-state index contributed by atoms with van der Waals surface area (Å²) < 4.78 is 5.28. The first-order chi connectivity index (χ1) is 7.99. The van der Waals surface area contributed by atoms with Crippen molar-refractivity contribution in [3.8, 4) is 0 Å². The van der Waals surface area contributed by atoms with Crippen molar-refractivity contribution in [2.45, 2.75) is 26.9 Å². The van der Waals surface area contributed by atoms with Crippen molar-refractivity contribution in [3.05, 3.63) is 29.7 Å². The number of hydrogen-bond donors (Lipinski definition) is 2. The van der Waals surface area contributed by atoms with Gasteiger partial charge in [-0.3, -0.25) is 4.79 Å². The molecule has 0 fully saturated rings. The predicted octanol–water partition coefficient (Wildman–Crippen LogP) is 1.73. The van der Waals surface area contributed by atoms with Gasteiger partial charge in [-0.25, -0.2) is 0 Å². The number of hydrogen-bond acceptors (Lipinski definition) is 3. The molecule has 1 rings (SSSR count). The SMILES string of the molecule is Cc1ccc(/C=C/C(=O)NCC(O)C(C)C)o1. The van der Waals surface area contributed by atoms with E-state index in [0.29, 0.717) is 5.76 Å². The van der Waals surface area contributed by atoms with Gasteiger partial charge in [-0.1, -0.05) is 13.8 Å². The number of furan rings is 1. The van der Waals surface area contributed by atoms with E-state index in [0.717, 1.165) is 5.76 Å². The number of aryl methyl sites for hydroxylation is 1. The highest BCUT2D eigenvalue weighted by atomic mass is 16.3. The number of aliphatic hydroxyl groups is 1. The lowest BCUT2D eigenvalue weighted by Crippen LogP contribution is -2.33. The zero-order valence-corrected chi connectivity index (χ0v) is 10.4. The Bertz CT molecular complexity index is 393. The van der Waals surface area contributed by atoms with Gasteiger partial charge in [0.25, 0.3) is 0 Å². The van der Waals surface area contributed by atoms with Crippen LogP contribution in [0.4, 0.5) is 0 Å². The molecule has 0 saturated heterocycles. The number of aliphatic hydroxyl groups excluding tert-OH is 1. The molecule has 94 valence electrons. The Kier molecular flexibility index (Phi) is 4.97. The van der Waals surface area contributed by atoms with Gasteiger partial charge in [0.1, 0.15) is 11.5 Å². The highest BCUT2D eigenvalue weighted by Gasteiger charge is 2.09. The van der Waals surface area contributed by atoms with Crippen molar-refractivity contribution in [2.24, 2.45) is 5.92 Å². The Balaban J connectivity index is 2.37. The molecule has 0 radical (unpaired) electrons. The van der Waals surface area contributed by atoms with Crippen LogP contribution in [-0.4, -0.2) is 23.7 Å². The number of carbonyl (C=O) groups is 1. The molecule has 1 aromatic heterocycles. The van der Waals surface area contributed by atoms with Crippen molar-refractivity contribution in [3.63, 3.8) is 0 Å². The van der Waals surface area contributed by atoms with Crippen molar-refractivity contribution >= 4 is 12.0 Å². The standard InChI is InChI=1S/C13H19NO3/c1-9(2)12(15)8-14-13(16)7-6-11-5-4-10(3)17-11/h4-7,9,12,15H,8H2,1-3H3,(H,14,16)/b7-6+. The summed E-state index contributed by atoms with van der Waals surface area (Å²) in [6.45, 7) is 5.91. The van der Waals surface area contributed by atoms with Gasteiger partial charge in [0.05, 0.1) is 6.10 Å². The van der Waals surface area contributed by atoms with Crippen molar-refractivity contribution < 1.29 is 14.3 Å². The summed E-state index contributed by atoms with van der Waals surface area (Å²) in [4.78, 5) is 11.4. The third kappa shape index (κ3) is 4.87. The van der Waals surface area contributed by atoms with Gasteiger partial charge in [0.2, 0.25) is 5.91 Å². The molecule has 0 aliphatic rings. The molecule has 1 heterocycles. The Morgan fingerprint density at radius 2 is 2.24 bits per heavy atom. The molecule has 2 N–H and O–H groups in total. The van der Waals surface area contributed by atoms with Crippen LogP contribution < -0.4 is 5.32 Å². The van der Waals surface area contributed by atoms with Crippen LogP contribution in [0.2, 0.25) is 0 Å². The molecule has 4 heteroatoms. The highest BCUT2D eigenvalue weighted by molar-refractivity contribution is 5.91. The molecule has 0 bridgehead atoms. The fourth-order valence-electron chi connectivity index (χ4n) is 1.20. The quantitative estimate of drug-likeness (QED) is 0.767. The second-order valence-corrected chi connectivity index (χ2v) is 4.34. The normalized spacial score (nSPS) is 13.2. The van der Waals surface area contributed by atoms with E-state index in [-0.39, 0.29) is 18.4 Å². The maximum absolute atomic E-state index is 11.4. The van der Waals surface area contributed by atoms with Crippen LogP contribution in [0.25, 0.3) is 6.08 Å². The van der Waals surface area contributed by atoms with E-state index < -0.39 is 6.10 Å². The lowest BCUT2D eigenvalue weighted by Gasteiger charge is -2.13. The Labute approximate surface area is 101 Å². The van der Waals surface area contributed by atoms with Crippen LogP contribution in [0.15, 0.2) is 22.6 Å². The molecule has 0 aliphatic heterocycles. The fraction of sp³-hybridized carbons (Fsp3) is 0.462. The zero-order chi connectivity index (χ0) is 12.8. The topological polar surface area (TPSA) is 62.5 Å². The summed E-state index contributed by atoms with van der Waals surface area (Å²) in [5, 5.41) is 12.1. The third-order valence-corrected chi connectivity index (χ3v) is 2.42. The number of amides is 1. The summed E-state index contributed by atoms with van der Waals surface area (Å²) in [5.74, 6) is 1.34. The molecule has 4 nitrogen and oxygen atoms in total. The highest BCUT2D eigenvalue weighted by Crippen LogP contribution is 2.07. The summed E-state index contributed by atoms with van der Waals surface area (Å²) in [5.41, 5.74) is 0. The number of carbonyl (C=O) groups excluding carboxylic acids is 1. The number of nitrogens with one attached hydrogen (secondary N) is 1. The van der Waals surface area contributed by atoms with E-state index in [1.165, 1.54) is 6.08 Å². The molecular formula is C13H19NO3. The molecule has 0 aromatic carbocycles. The van der Waals surface area contributed by atoms with Crippen molar-refractivity contribution in [1.29, 1.82) is 0 Å². The largest absolute Gasteiger partial charge is 0.462 e. The van der Waals surface area contributed by atoms with Crippen LogP contribution in [-0.2, 0) is 4.79 Å².